The van der Waals surface area contributed by atoms with Gasteiger partial charge in [-0.15, -0.1) is 0 Å². The number of amidine groups is 1. The van der Waals surface area contributed by atoms with E-state index in [4.69, 9.17) is 0 Å². The average Bonchev–Trinajstić information content (AvgIpc) is 3.26. The van der Waals surface area contributed by atoms with Crippen molar-refractivity contribution in [1.29, 1.82) is 0 Å². The first-order valence-electron chi connectivity index (χ1n) is 14.0. The van der Waals surface area contributed by atoms with Gasteiger partial charge in [0.15, 0.2) is 6.23 Å². The number of allylic oxidation sites excluding steroid dienone is 2. The Morgan fingerprint density at radius 3 is 1.97 bits per heavy atom. The van der Waals surface area contributed by atoms with Crippen LogP contribution in [-0.4, -0.2) is 71.6 Å². The van der Waals surface area contributed by atoms with Crippen LogP contribution < -0.4 is 0 Å². The lowest BCUT2D eigenvalue weighted by atomic mass is 10.1. The highest BCUT2D eigenvalue weighted by molar-refractivity contribution is 7.80. The summed E-state index contributed by atoms with van der Waals surface area (Å²) in [6, 6.07) is 0. The van der Waals surface area contributed by atoms with Crippen LogP contribution in [-0.2, 0) is 19.4 Å². The van der Waals surface area contributed by atoms with E-state index in [9.17, 15) is 22.9 Å². The Bertz CT molecular complexity index is 735. The number of aliphatic hydroxyl groups excluding tert-OH is 1. The van der Waals surface area contributed by atoms with Gasteiger partial charge in [0.2, 0.25) is 16.2 Å². The first-order chi connectivity index (χ1) is 17.2. The van der Waals surface area contributed by atoms with Crippen molar-refractivity contribution >= 4 is 22.0 Å². The van der Waals surface area contributed by atoms with E-state index < -0.39 is 16.6 Å². The number of aliphatic hydroxyl groups is 1. The summed E-state index contributed by atoms with van der Waals surface area (Å²) < 4.78 is 33.9. The SMILES string of the molecule is CCCCCCCC/C=C\CCCCCCCC(=O)C1=[N+](C(C)O)CCN1CC.CCOS(=O)(=O)[O-]. The van der Waals surface area contributed by atoms with Crippen LogP contribution in [0.1, 0.15) is 118 Å². The number of rotatable bonds is 20. The smallest absolute Gasteiger partial charge is 0.318 e. The molecule has 8 nitrogen and oxygen atoms in total. The first kappa shape index (κ1) is 34.7. The molecule has 0 aromatic heterocycles. The van der Waals surface area contributed by atoms with Gasteiger partial charge >= 0.3 is 5.84 Å². The normalized spacial score (nSPS) is 14.9. The summed E-state index contributed by atoms with van der Waals surface area (Å²) in [4.78, 5) is 14.7. The third-order valence-electron chi connectivity index (χ3n) is 6.19. The monoisotopic (exact) mass is 532 g/mol. The van der Waals surface area contributed by atoms with Crippen molar-refractivity contribution in [3.05, 3.63) is 12.2 Å². The van der Waals surface area contributed by atoms with Crippen molar-refractivity contribution in [1.82, 2.24) is 4.90 Å². The molecule has 0 aromatic carbocycles. The lowest BCUT2D eigenvalue weighted by Gasteiger charge is -2.11. The minimum Gasteiger partial charge on any atom is -0.726 e. The molecule has 0 bridgehead atoms. The predicted octanol–water partition coefficient (Wildman–Crippen LogP) is 5.16. The Labute approximate surface area is 220 Å². The van der Waals surface area contributed by atoms with Gasteiger partial charge in [0, 0.05) is 13.3 Å². The van der Waals surface area contributed by atoms with Crippen LogP contribution in [0, 0.1) is 0 Å². The van der Waals surface area contributed by atoms with E-state index in [0.717, 1.165) is 38.3 Å². The molecule has 0 radical (unpaired) electrons. The van der Waals surface area contributed by atoms with Gasteiger partial charge in [0.1, 0.15) is 13.1 Å². The second-order valence-corrected chi connectivity index (χ2v) is 10.4. The third kappa shape index (κ3) is 18.0. The summed E-state index contributed by atoms with van der Waals surface area (Å²) in [7, 11) is -4.42. The Hall–Kier alpha value is -1.29. The number of hydrogen-bond donors (Lipinski definition) is 1. The average molecular weight is 533 g/mol. The summed E-state index contributed by atoms with van der Waals surface area (Å²) in [5.74, 6) is 0.931. The molecule has 1 aliphatic rings. The fourth-order valence-corrected chi connectivity index (χ4v) is 4.53. The molecule has 0 aromatic rings. The van der Waals surface area contributed by atoms with Crippen molar-refractivity contribution in [2.75, 3.05) is 26.2 Å². The zero-order chi connectivity index (χ0) is 27.2. The number of likely N-dealkylation sites (N-methyl/N-ethyl adjacent to an activating group) is 1. The van der Waals surface area contributed by atoms with Crippen molar-refractivity contribution in [3.63, 3.8) is 0 Å². The van der Waals surface area contributed by atoms with Crippen LogP contribution in [0.2, 0.25) is 0 Å². The van der Waals surface area contributed by atoms with Crippen molar-refractivity contribution in [3.8, 4) is 0 Å². The maximum absolute atomic E-state index is 12.6. The van der Waals surface area contributed by atoms with Gasteiger partial charge in [-0.05, 0) is 46.0 Å². The predicted molar refractivity (Wildman–Crippen MR) is 145 cm³/mol. The molecule has 212 valence electrons. The summed E-state index contributed by atoms with van der Waals surface area (Å²) in [5.41, 5.74) is 0. The van der Waals surface area contributed by atoms with E-state index in [1.54, 1.807) is 6.92 Å². The molecule has 1 heterocycles. The van der Waals surface area contributed by atoms with Crippen LogP contribution in [0.3, 0.4) is 0 Å². The lowest BCUT2D eigenvalue weighted by molar-refractivity contribution is -0.595. The summed E-state index contributed by atoms with van der Waals surface area (Å²) in [6.45, 7) is 9.84. The Balaban J connectivity index is 0.00000152. The maximum Gasteiger partial charge on any atom is 0.318 e. The van der Waals surface area contributed by atoms with Gasteiger partial charge in [0.25, 0.3) is 0 Å². The van der Waals surface area contributed by atoms with Crippen LogP contribution in [0.25, 0.3) is 0 Å². The second-order valence-electron chi connectivity index (χ2n) is 9.30. The number of ketones is 1. The van der Waals surface area contributed by atoms with E-state index in [1.807, 2.05) is 4.58 Å². The van der Waals surface area contributed by atoms with Gasteiger partial charge < -0.3 is 9.66 Å². The Morgan fingerprint density at radius 2 is 1.53 bits per heavy atom. The zero-order valence-electron chi connectivity index (χ0n) is 23.3. The molecule has 1 N–H and O–H groups in total. The highest BCUT2D eigenvalue weighted by Crippen LogP contribution is 2.12. The van der Waals surface area contributed by atoms with Crippen molar-refractivity contribution in [2.45, 2.75) is 124 Å². The molecule has 1 unspecified atom stereocenters. The largest absolute Gasteiger partial charge is 0.726 e. The number of hydrogen-bond acceptors (Lipinski definition) is 7. The molecule has 0 aliphatic carbocycles. The number of unbranched alkanes of at least 4 members (excludes halogenated alkanes) is 11. The van der Waals surface area contributed by atoms with E-state index in [1.165, 1.54) is 77.6 Å². The third-order valence-corrected chi connectivity index (χ3v) is 6.72. The number of nitrogens with zero attached hydrogens (tertiary/aromatic N) is 2. The maximum atomic E-state index is 12.6. The van der Waals surface area contributed by atoms with Crippen molar-refractivity contribution < 1.29 is 31.6 Å². The molecule has 1 atom stereocenters. The molecule has 0 saturated heterocycles. The fourth-order valence-electron chi connectivity index (χ4n) is 4.24. The molecule has 9 heteroatoms. The molecule has 1 aliphatic heterocycles. The molecule has 1 rings (SSSR count). The molecule has 0 spiro atoms. The number of carbonyl (C=O) groups is 1. The number of Topliss-reactive ketones (excluding diaryl/α,β-unsaturated/α-hetero) is 1. The number of carbonyl (C=O) groups excluding carboxylic acids is 1. The van der Waals surface area contributed by atoms with Gasteiger partial charge in [-0.1, -0.05) is 70.4 Å². The van der Waals surface area contributed by atoms with Crippen LogP contribution in [0.15, 0.2) is 12.2 Å². The first-order valence-corrected chi connectivity index (χ1v) is 15.4. The van der Waals surface area contributed by atoms with Crippen molar-refractivity contribution in [2.24, 2.45) is 0 Å². The standard InChI is InChI=1S/C25H47N2O2.C2H6O4S/c1-4-6-7-8-9-10-11-12-13-14-15-16-17-18-19-20-24(29)25-26(5-2)21-22-27(25)23(3)28;1-2-6-7(3,4)5/h12-13,23,28H,4-11,14-22H2,1-3H3;2H2,1H3,(H,3,4,5)/q+1;/p-1/b13-12-;. The van der Waals surface area contributed by atoms with Crippen LogP contribution in [0.5, 0.6) is 0 Å². The van der Waals surface area contributed by atoms with Crippen LogP contribution >= 0.6 is 0 Å². The van der Waals surface area contributed by atoms with Gasteiger partial charge in [-0.3, -0.25) is 13.9 Å². The zero-order valence-corrected chi connectivity index (χ0v) is 24.1. The Morgan fingerprint density at radius 1 is 1.00 bits per heavy atom. The van der Waals surface area contributed by atoms with E-state index in [-0.39, 0.29) is 12.4 Å². The fraction of sp³-hybridized carbons (Fsp3) is 0.852. The second kappa shape index (κ2) is 21.8. The molecule has 0 fully saturated rings. The minimum atomic E-state index is -4.42. The van der Waals surface area contributed by atoms with Gasteiger partial charge in [0.05, 0.1) is 13.2 Å². The molecular formula is C27H52N2O6S. The quantitative estimate of drug-likeness (QED) is 0.0758. The molecule has 0 amide bonds. The minimum absolute atomic E-state index is 0.0914. The molecule has 36 heavy (non-hydrogen) atoms. The van der Waals surface area contributed by atoms with Crippen LogP contribution in [0.4, 0.5) is 0 Å². The summed E-state index contributed by atoms with van der Waals surface area (Å²) >= 11 is 0. The van der Waals surface area contributed by atoms with E-state index >= 15 is 0 Å². The summed E-state index contributed by atoms with van der Waals surface area (Å²) in [6.07, 6.45) is 21.2. The highest BCUT2D eigenvalue weighted by Gasteiger charge is 2.36. The van der Waals surface area contributed by atoms with Gasteiger partial charge in [-0.25, -0.2) is 13.0 Å². The van der Waals surface area contributed by atoms with E-state index in [2.05, 4.69) is 35.1 Å². The van der Waals surface area contributed by atoms with Gasteiger partial charge in [-0.2, -0.15) is 0 Å². The molecule has 0 saturated carbocycles. The lowest BCUT2D eigenvalue weighted by Crippen LogP contribution is -2.38. The highest BCUT2D eigenvalue weighted by atomic mass is 32.3. The van der Waals surface area contributed by atoms with E-state index in [0.29, 0.717) is 6.42 Å². The topological polar surface area (TPSA) is 110 Å². The molecular weight excluding hydrogens is 480 g/mol. The Kier molecular flexibility index (Phi) is 21.0. The summed E-state index contributed by atoms with van der Waals surface area (Å²) in [5, 5.41) is 9.91.